The molecule has 12 nitrogen and oxygen atoms in total. The second-order valence-electron chi connectivity index (χ2n) is 8.43. The quantitative estimate of drug-likeness (QED) is 0.297. The Balaban J connectivity index is 0.000000289. The van der Waals surface area contributed by atoms with Crippen molar-refractivity contribution in [2.45, 2.75) is 32.4 Å². The van der Waals surface area contributed by atoms with Crippen LogP contribution in [0.2, 0.25) is 0 Å². The average molecular weight is 511 g/mol. The number of nitrogens with two attached hydrogens (primary N) is 2. The van der Waals surface area contributed by atoms with Crippen LogP contribution in [0.15, 0.2) is 41.2 Å². The third-order valence-corrected chi connectivity index (χ3v) is 5.41. The molecule has 2 aliphatic rings. The van der Waals surface area contributed by atoms with Crippen LogP contribution in [0.4, 0.5) is 10.5 Å². The molecule has 198 valence electrons. The van der Waals surface area contributed by atoms with Gasteiger partial charge in [-0.15, -0.1) is 0 Å². The molecule has 0 aliphatic carbocycles. The maximum absolute atomic E-state index is 12.3. The Morgan fingerprint density at radius 3 is 2.51 bits per heavy atom. The van der Waals surface area contributed by atoms with Crippen molar-refractivity contribution in [3.8, 4) is 11.1 Å². The van der Waals surface area contributed by atoms with E-state index in [-0.39, 0.29) is 24.6 Å². The highest BCUT2D eigenvalue weighted by Crippen LogP contribution is 2.31. The zero-order valence-electron chi connectivity index (χ0n) is 20.9. The molecule has 4 rings (SSSR count). The Kier molecular flexibility index (Phi) is 10.5. The van der Waals surface area contributed by atoms with Crippen molar-refractivity contribution >= 4 is 29.5 Å². The summed E-state index contributed by atoms with van der Waals surface area (Å²) in [4.78, 5) is 36.0. The number of aromatic nitrogens is 2. The first-order valence-electron chi connectivity index (χ1n) is 12.1. The van der Waals surface area contributed by atoms with Crippen molar-refractivity contribution in [1.29, 1.82) is 0 Å². The number of aliphatic imine (C=N–C) groups is 1. The van der Waals surface area contributed by atoms with Crippen molar-refractivity contribution in [1.82, 2.24) is 25.9 Å². The fraction of sp³-hybridized carbons (Fsp3) is 0.400. The van der Waals surface area contributed by atoms with Crippen molar-refractivity contribution in [3.05, 3.63) is 47.6 Å². The topological polar surface area (TPSA) is 190 Å². The molecule has 0 bridgehead atoms. The highest BCUT2D eigenvalue weighted by molar-refractivity contribution is 6.05. The van der Waals surface area contributed by atoms with Crippen LogP contribution in [-0.2, 0) is 16.1 Å². The Morgan fingerprint density at radius 2 is 1.89 bits per heavy atom. The van der Waals surface area contributed by atoms with Gasteiger partial charge in [0.05, 0.1) is 38.1 Å². The predicted molar refractivity (Wildman–Crippen MR) is 141 cm³/mol. The van der Waals surface area contributed by atoms with Gasteiger partial charge in [0.2, 0.25) is 5.91 Å². The predicted octanol–water partition coefficient (Wildman–Crippen LogP) is 0.581. The number of ether oxygens (including phenoxy) is 1. The summed E-state index contributed by atoms with van der Waals surface area (Å²) in [5.41, 5.74) is 15.5. The standard InChI is InChI=1S/C19H22N6O.C6H12N2O3/c1-2-5-22-19(26)14-6-13-4-3-12(7-16(13)25-17(21)8-14)15-10-23-18(9-20)24-11-15;9-2-1-7-6(10)8-5-3-11-4-5/h3-4,6-7,10-11H,2,5,8-9,20H2,1H3,(H2,21,25)(H,22,26);5,9H,1-4H2,(H2,7,8,10). The highest BCUT2D eigenvalue weighted by Gasteiger charge is 2.19. The molecule has 1 aromatic carbocycles. The summed E-state index contributed by atoms with van der Waals surface area (Å²) in [5, 5.41) is 16.4. The number of fused-ring (bicyclic) bond motifs is 1. The molecular formula is C25H34N8O4. The van der Waals surface area contributed by atoms with E-state index in [4.69, 9.17) is 21.3 Å². The molecule has 0 atom stereocenters. The lowest BCUT2D eigenvalue weighted by Gasteiger charge is -2.26. The van der Waals surface area contributed by atoms with Crippen LogP contribution in [0.5, 0.6) is 0 Å². The number of carbonyl (C=O) groups is 2. The van der Waals surface area contributed by atoms with E-state index in [1.165, 1.54) is 0 Å². The van der Waals surface area contributed by atoms with Gasteiger partial charge < -0.3 is 37.3 Å². The van der Waals surface area contributed by atoms with Gasteiger partial charge in [-0.05, 0) is 24.1 Å². The molecule has 1 fully saturated rings. The molecule has 12 heteroatoms. The fourth-order valence-corrected chi connectivity index (χ4v) is 3.40. The van der Waals surface area contributed by atoms with Crippen LogP contribution >= 0.6 is 0 Å². The number of amidine groups is 1. The van der Waals surface area contributed by atoms with Crippen LogP contribution in [0, 0.1) is 0 Å². The number of aliphatic hydroxyl groups is 1. The van der Waals surface area contributed by atoms with Gasteiger partial charge in [0.1, 0.15) is 11.7 Å². The van der Waals surface area contributed by atoms with Crippen LogP contribution in [0.3, 0.4) is 0 Å². The molecule has 0 saturated carbocycles. The third kappa shape index (κ3) is 8.34. The SMILES string of the molecule is CCCNC(=O)C1=Cc2ccc(-c3cnc(CN)nc3)cc2N=C(N)C1.O=C(NCCO)NC1COC1. The van der Waals surface area contributed by atoms with E-state index < -0.39 is 0 Å². The van der Waals surface area contributed by atoms with Crippen LogP contribution in [0.1, 0.15) is 31.2 Å². The molecule has 37 heavy (non-hydrogen) atoms. The number of nitrogens with zero attached hydrogens (tertiary/aromatic N) is 3. The maximum Gasteiger partial charge on any atom is 0.315 e. The number of urea groups is 1. The average Bonchev–Trinajstić information content (AvgIpc) is 3.06. The van der Waals surface area contributed by atoms with Gasteiger partial charge in [0, 0.05) is 48.6 Å². The van der Waals surface area contributed by atoms with E-state index in [0.717, 1.165) is 28.8 Å². The van der Waals surface area contributed by atoms with E-state index in [1.807, 2.05) is 31.2 Å². The van der Waals surface area contributed by atoms with Crippen molar-refractivity contribution in [2.24, 2.45) is 16.5 Å². The molecule has 0 radical (unpaired) electrons. The van der Waals surface area contributed by atoms with Crippen molar-refractivity contribution in [3.63, 3.8) is 0 Å². The Labute approximate surface area is 215 Å². The number of amides is 3. The first-order chi connectivity index (χ1) is 17.9. The molecule has 1 saturated heterocycles. The molecule has 0 spiro atoms. The van der Waals surface area contributed by atoms with Gasteiger partial charge in [-0.25, -0.2) is 19.8 Å². The second-order valence-corrected chi connectivity index (χ2v) is 8.43. The van der Waals surface area contributed by atoms with Gasteiger partial charge >= 0.3 is 6.03 Å². The van der Waals surface area contributed by atoms with E-state index in [0.29, 0.717) is 56.5 Å². The van der Waals surface area contributed by atoms with Gasteiger partial charge in [0.15, 0.2) is 0 Å². The lowest BCUT2D eigenvalue weighted by atomic mass is 10.0. The largest absolute Gasteiger partial charge is 0.395 e. The maximum atomic E-state index is 12.3. The normalized spacial score (nSPS) is 14.5. The van der Waals surface area contributed by atoms with Gasteiger partial charge in [-0.1, -0.05) is 19.1 Å². The summed E-state index contributed by atoms with van der Waals surface area (Å²) in [6.45, 7) is 4.39. The number of aliphatic hydroxyl groups excluding tert-OH is 1. The first kappa shape index (κ1) is 27.7. The van der Waals surface area contributed by atoms with Crippen LogP contribution in [-0.4, -0.2) is 71.8 Å². The molecule has 8 N–H and O–H groups in total. The second kappa shape index (κ2) is 14.0. The zero-order chi connectivity index (χ0) is 26.6. The molecule has 1 aromatic heterocycles. The molecule has 3 heterocycles. The highest BCUT2D eigenvalue weighted by atomic mass is 16.5. The Hall–Kier alpha value is -3.87. The van der Waals surface area contributed by atoms with Gasteiger partial charge in [0.25, 0.3) is 0 Å². The smallest absolute Gasteiger partial charge is 0.315 e. The number of hydrogen-bond acceptors (Lipinski definition) is 9. The van der Waals surface area contributed by atoms with E-state index >= 15 is 0 Å². The molecule has 2 aromatic rings. The van der Waals surface area contributed by atoms with E-state index in [2.05, 4.69) is 30.9 Å². The van der Waals surface area contributed by atoms with Crippen LogP contribution in [0.25, 0.3) is 17.2 Å². The Bertz CT molecular complexity index is 1130. The molecular weight excluding hydrogens is 476 g/mol. The molecule has 3 amide bonds. The minimum absolute atomic E-state index is 0.0331. The summed E-state index contributed by atoms with van der Waals surface area (Å²) in [6, 6.07) is 5.71. The number of carbonyl (C=O) groups excluding carboxylic acids is 2. The lowest BCUT2D eigenvalue weighted by molar-refractivity contribution is -0.117. The monoisotopic (exact) mass is 510 g/mol. The van der Waals surface area contributed by atoms with Gasteiger partial charge in [-0.2, -0.15) is 0 Å². The van der Waals surface area contributed by atoms with E-state index in [1.54, 1.807) is 12.4 Å². The number of benzene rings is 1. The summed E-state index contributed by atoms with van der Waals surface area (Å²) in [6.07, 6.45) is 6.53. The number of hydrogen-bond donors (Lipinski definition) is 6. The number of nitrogens with one attached hydrogen (secondary N) is 3. The lowest BCUT2D eigenvalue weighted by Crippen LogP contribution is -2.52. The first-order valence-corrected chi connectivity index (χ1v) is 12.1. The summed E-state index contributed by atoms with van der Waals surface area (Å²) >= 11 is 0. The van der Waals surface area contributed by atoms with E-state index in [9.17, 15) is 9.59 Å². The van der Waals surface area contributed by atoms with Crippen molar-refractivity contribution < 1.29 is 19.4 Å². The third-order valence-electron chi connectivity index (χ3n) is 5.41. The fourth-order valence-electron chi connectivity index (χ4n) is 3.40. The van der Waals surface area contributed by atoms with Gasteiger partial charge in [-0.3, -0.25) is 4.79 Å². The number of rotatable bonds is 8. The minimum atomic E-state index is -0.243. The zero-order valence-corrected chi connectivity index (χ0v) is 20.9. The van der Waals surface area contributed by atoms with Crippen LogP contribution < -0.4 is 27.4 Å². The summed E-state index contributed by atoms with van der Waals surface area (Å²) in [7, 11) is 0. The van der Waals surface area contributed by atoms with Crippen molar-refractivity contribution in [2.75, 3.05) is 32.9 Å². The Morgan fingerprint density at radius 1 is 1.14 bits per heavy atom. The summed E-state index contributed by atoms with van der Waals surface area (Å²) < 4.78 is 4.85. The molecule has 2 aliphatic heterocycles. The summed E-state index contributed by atoms with van der Waals surface area (Å²) in [5.74, 6) is 0.901. The minimum Gasteiger partial charge on any atom is -0.395 e. The molecule has 0 unspecified atom stereocenters.